The van der Waals surface area contributed by atoms with Gasteiger partial charge < -0.3 is 28.6 Å². The minimum atomic E-state index is 0.0383. The molecule has 7 nitrogen and oxygen atoms in total. The molecule has 2 aromatic rings. The van der Waals surface area contributed by atoms with Crippen molar-refractivity contribution in [2.75, 3.05) is 41.6 Å². The average Bonchev–Trinajstić information content (AvgIpc) is 3.33. The Labute approximate surface area is 196 Å². The zero-order valence-corrected chi connectivity index (χ0v) is 20.4. The lowest BCUT2D eigenvalue weighted by molar-refractivity contribution is 0.201. The van der Waals surface area contributed by atoms with E-state index in [0.29, 0.717) is 12.5 Å². The van der Waals surface area contributed by atoms with Crippen LogP contribution in [0.4, 0.5) is 0 Å². The highest BCUT2D eigenvalue weighted by Crippen LogP contribution is 2.41. The van der Waals surface area contributed by atoms with Crippen LogP contribution in [0.25, 0.3) is 0 Å². The van der Waals surface area contributed by atoms with Gasteiger partial charge >= 0.3 is 0 Å². The minimum absolute atomic E-state index is 0.0383. The highest BCUT2D eigenvalue weighted by Gasteiger charge is 2.35. The van der Waals surface area contributed by atoms with Crippen molar-refractivity contribution in [3.8, 4) is 23.0 Å². The molecule has 0 amide bonds. The highest BCUT2D eigenvalue weighted by atomic mass is 16.5. The summed E-state index contributed by atoms with van der Waals surface area (Å²) in [7, 11) is 6.66. The largest absolute Gasteiger partial charge is 0.493 e. The van der Waals surface area contributed by atoms with Gasteiger partial charge in [0, 0.05) is 6.54 Å². The van der Waals surface area contributed by atoms with Crippen LogP contribution in [0.5, 0.6) is 23.0 Å². The Morgan fingerprint density at radius 3 is 2.24 bits per heavy atom. The van der Waals surface area contributed by atoms with Crippen LogP contribution in [-0.2, 0) is 17.6 Å². The molecular formula is C26H34N2O5. The smallest absolute Gasteiger partial charge is 0.288 e. The molecule has 0 aromatic heterocycles. The molecule has 0 saturated carbocycles. The molecule has 2 heterocycles. The van der Waals surface area contributed by atoms with Crippen LogP contribution in [0.15, 0.2) is 35.3 Å². The van der Waals surface area contributed by atoms with Crippen molar-refractivity contribution in [2.24, 2.45) is 10.9 Å². The summed E-state index contributed by atoms with van der Waals surface area (Å²) in [6.45, 7) is 5.82. The third-order valence-corrected chi connectivity index (χ3v) is 6.55. The standard InChI is InChI=1S/C26H34N2O5/c1-16(2)20-15-33-26(27-20)28-10-9-18-13-24(31-5)25(32-6)14-19(18)21(28)11-17-7-8-22(29-3)23(12-17)30-4/h7-8,12-14,16,20-21H,9-11,15H2,1-6H3/t20-,21-/m1/s1. The predicted molar refractivity (Wildman–Crippen MR) is 128 cm³/mol. The predicted octanol–water partition coefficient (Wildman–Crippen LogP) is 4.27. The van der Waals surface area contributed by atoms with E-state index >= 15 is 0 Å². The lowest BCUT2D eigenvalue weighted by Gasteiger charge is -2.38. The maximum atomic E-state index is 6.11. The Balaban J connectivity index is 1.75. The summed E-state index contributed by atoms with van der Waals surface area (Å²) in [6.07, 6.45) is 1.64. The molecule has 2 atom stereocenters. The van der Waals surface area contributed by atoms with Crippen molar-refractivity contribution in [1.29, 1.82) is 0 Å². The SMILES string of the molecule is COc1ccc(C[C@@H]2c3cc(OC)c(OC)cc3CCN2C2=N[C@@H](C(C)C)CO2)cc1OC. The van der Waals surface area contributed by atoms with Gasteiger partial charge in [-0.25, -0.2) is 4.99 Å². The van der Waals surface area contributed by atoms with Gasteiger partial charge in [0.25, 0.3) is 6.02 Å². The van der Waals surface area contributed by atoms with Crippen LogP contribution in [-0.4, -0.2) is 58.6 Å². The maximum Gasteiger partial charge on any atom is 0.288 e. The van der Waals surface area contributed by atoms with E-state index in [2.05, 4.69) is 36.9 Å². The quantitative estimate of drug-likeness (QED) is 0.623. The molecule has 2 aliphatic heterocycles. The van der Waals surface area contributed by atoms with E-state index in [9.17, 15) is 0 Å². The van der Waals surface area contributed by atoms with Crippen LogP contribution in [0.3, 0.4) is 0 Å². The number of hydrogen-bond donors (Lipinski definition) is 0. The van der Waals surface area contributed by atoms with Gasteiger partial charge in [-0.3, -0.25) is 0 Å². The van der Waals surface area contributed by atoms with Crippen molar-refractivity contribution in [3.63, 3.8) is 0 Å². The molecule has 33 heavy (non-hydrogen) atoms. The highest BCUT2D eigenvalue weighted by molar-refractivity contribution is 5.77. The summed E-state index contributed by atoms with van der Waals surface area (Å²) in [5.74, 6) is 3.36. The Kier molecular flexibility index (Phi) is 6.86. The topological polar surface area (TPSA) is 61.8 Å². The fourth-order valence-electron chi connectivity index (χ4n) is 4.58. The first kappa shape index (κ1) is 23.1. The lowest BCUT2D eigenvalue weighted by atomic mass is 9.88. The Morgan fingerprint density at radius 2 is 1.61 bits per heavy atom. The molecule has 4 rings (SSSR count). The van der Waals surface area contributed by atoms with Crippen molar-refractivity contribution in [2.45, 2.75) is 38.8 Å². The number of fused-ring (bicyclic) bond motifs is 1. The molecule has 0 fully saturated rings. The summed E-state index contributed by atoms with van der Waals surface area (Å²) < 4.78 is 28.3. The molecule has 7 heteroatoms. The molecule has 2 aliphatic rings. The van der Waals surface area contributed by atoms with Crippen LogP contribution >= 0.6 is 0 Å². The second-order valence-corrected chi connectivity index (χ2v) is 8.79. The summed E-state index contributed by atoms with van der Waals surface area (Å²) in [5.41, 5.74) is 3.60. The molecule has 0 unspecified atom stereocenters. The van der Waals surface area contributed by atoms with Gasteiger partial charge in [-0.2, -0.15) is 0 Å². The van der Waals surface area contributed by atoms with E-state index in [-0.39, 0.29) is 12.1 Å². The van der Waals surface area contributed by atoms with Crippen LogP contribution < -0.4 is 18.9 Å². The number of amidine groups is 1. The van der Waals surface area contributed by atoms with Gasteiger partial charge in [-0.1, -0.05) is 19.9 Å². The van der Waals surface area contributed by atoms with Gasteiger partial charge in [0.05, 0.1) is 40.5 Å². The fraction of sp³-hybridized carbons (Fsp3) is 0.500. The Hall–Kier alpha value is -3.09. The zero-order valence-electron chi connectivity index (χ0n) is 20.4. The second kappa shape index (κ2) is 9.81. The number of nitrogens with zero attached hydrogens (tertiary/aromatic N) is 2. The van der Waals surface area contributed by atoms with Gasteiger partial charge in [-0.15, -0.1) is 0 Å². The first-order chi connectivity index (χ1) is 16.0. The first-order valence-electron chi connectivity index (χ1n) is 11.4. The van der Waals surface area contributed by atoms with Crippen LogP contribution in [0, 0.1) is 5.92 Å². The van der Waals surface area contributed by atoms with Gasteiger partial charge in [0.2, 0.25) is 0 Å². The molecule has 0 N–H and O–H groups in total. The van der Waals surface area contributed by atoms with Crippen molar-refractivity contribution < 1.29 is 23.7 Å². The van der Waals surface area contributed by atoms with Gasteiger partial charge in [0.15, 0.2) is 23.0 Å². The number of rotatable bonds is 7. The summed E-state index contributed by atoms with van der Waals surface area (Å²) in [4.78, 5) is 7.23. The third kappa shape index (κ3) is 4.54. The average molecular weight is 455 g/mol. The monoisotopic (exact) mass is 454 g/mol. The van der Waals surface area contributed by atoms with Crippen molar-refractivity contribution in [3.05, 3.63) is 47.0 Å². The lowest BCUT2D eigenvalue weighted by Crippen LogP contribution is -2.41. The Bertz CT molecular complexity index is 1020. The van der Waals surface area contributed by atoms with E-state index in [4.69, 9.17) is 28.7 Å². The van der Waals surface area contributed by atoms with E-state index in [1.807, 2.05) is 12.1 Å². The van der Waals surface area contributed by atoms with E-state index in [1.54, 1.807) is 28.4 Å². The number of hydrogen-bond acceptors (Lipinski definition) is 7. The molecule has 0 aliphatic carbocycles. The number of benzene rings is 2. The number of methoxy groups -OCH3 is 4. The summed E-state index contributed by atoms with van der Waals surface area (Å²) in [5, 5.41) is 0. The molecule has 178 valence electrons. The summed E-state index contributed by atoms with van der Waals surface area (Å²) >= 11 is 0. The minimum Gasteiger partial charge on any atom is -0.493 e. The second-order valence-electron chi connectivity index (χ2n) is 8.79. The fourth-order valence-corrected chi connectivity index (χ4v) is 4.58. The molecule has 0 bridgehead atoms. The molecule has 2 aromatic carbocycles. The van der Waals surface area contributed by atoms with Gasteiger partial charge in [-0.05, 0) is 59.7 Å². The van der Waals surface area contributed by atoms with Crippen molar-refractivity contribution in [1.82, 2.24) is 4.90 Å². The molecule has 0 radical (unpaired) electrons. The molecule has 0 spiro atoms. The first-order valence-corrected chi connectivity index (χ1v) is 11.4. The third-order valence-electron chi connectivity index (χ3n) is 6.55. The zero-order chi connectivity index (χ0) is 23.5. The van der Waals surface area contributed by atoms with Crippen molar-refractivity contribution >= 4 is 6.02 Å². The number of ether oxygens (including phenoxy) is 5. The van der Waals surface area contributed by atoms with E-state index in [0.717, 1.165) is 54.0 Å². The van der Waals surface area contributed by atoms with Crippen LogP contribution in [0.2, 0.25) is 0 Å². The maximum absolute atomic E-state index is 6.11. The van der Waals surface area contributed by atoms with E-state index < -0.39 is 0 Å². The molecule has 0 saturated heterocycles. The summed E-state index contributed by atoms with van der Waals surface area (Å²) in [6, 6.07) is 11.2. The normalized spacial score (nSPS) is 19.6. The van der Waals surface area contributed by atoms with Gasteiger partial charge in [0.1, 0.15) is 6.61 Å². The van der Waals surface area contributed by atoms with E-state index in [1.165, 1.54) is 11.1 Å². The molecular weight excluding hydrogens is 420 g/mol. The van der Waals surface area contributed by atoms with Crippen LogP contribution in [0.1, 0.15) is 36.6 Å². The number of aliphatic imine (C=N–C) groups is 1. The Morgan fingerprint density at radius 1 is 0.939 bits per heavy atom.